The van der Waals surface area contributed by atoms with Crippen molar-refractivity contribution in [1.29, 1.82) is 0 Å². The third-order valence-electron chi connectivity index (χ3n) is 2.67. The van der Waals surface area contributed by atoms with Crippen LogP contribution in [0.15, 0.2) is 16.6 Å². The molecule has 0 saturated carbocycles. The maximum Gasteiger partial charge on any atom is 0.305 e. The zero-order valence-electron chi connectivity index (χ0n) is 11.3. The summed E-state index contributed by atoms with van der Waals surface area (Å²) in [5, 5.41) is 3.51. The Labute approximate surface area is 132 Å². The van der Waals surface area contributed by atoms with E-state index in [1.807, 2.05) is 0 Å². The Hall–Kier alpha value is -0.810. The number of carbonyl (C=O) groups is 1. The lowest BCUT2D eigenvalue weighted by Gasteiger charge is -2.10. The number of carbonyl (C=O) groups excluding carboxylic acids is 1. The summed E-state index contributed by atoms with van der Waals surface area (Å²) in [5.74, 6) is -0.522. The van der Waals surface area contributed by atoms with E-state index in [1.165, 1.54) is 12.1 Å². The predicted molar refractivity (Wildman–Crippen MR) is 82.7 cm³/mol. The van der Waals surface area contributed by atoms with Crippen LogP contribution in [0.25, 0.3) is 0 Å². The Balaban J connectivity index is 2.23. The third-order valence-corrected chi connectivity index (χ3v) is 3.60. The lowest BCUT2D eigenvalue weighted by Crippen LogP contribution is -2.05. The van der Waals surface area contributed by atoms with Crippen molar-refractivity contribution in [3.8, 4) is 0 Å². The van der Waals surface area contributed by atoms with Crippen LogP contribution in [-0.4, -0.2) is 19.1 Å². The highest BCUT2D eigenvalue weighted by Gasteiger charge is 2.07. The minimum absolute atomic E-state index is 0.148. The predicted octanol–water partition coefficient (Wildman–Crippen LogP) is 4.78. The first-order chi connectivity index (χ1) is 9.54. The second kappa shape index (κ2) is 9.19. The summed E-state index contributed by atoms with van der Waals surface area (Å²) in [5.41, 5.74) is 0.693. The highest BCUT2D eigenvalue weighted by molar-refractivity contribution is 9.10. The molecule has 0 unspecified atom stereocenters. The van der Waals surface area contributed by atoms with E-state index in [9.17, 15) is 9.18 Å². The highest BCUT2D eigenvalue weighted by Crippen LogP contribution is 2.31. The summed E-state index contributed by atoms with van der Waals surface area (Å²) in [6.45, 7) is 2.94. The monoisotopic (exact) mass is 365 g/mol. The van der Waals surface area contributed by atoms with Crippen LogP contribution in [0, 0.1) is 5.82 Å². The number of anilines is 1. The van der Waals surface area contributed by atoms with E-state index >= 15 is 0 Å². The Kier molecular flexibility index (Phi) is 7.92. The van der Waals surface area contributed by atoms with E-state index < -0.39 is 0 Å². The summed E-state index contributed by atoms with van der Waals surface area (Å²) < 4.78 is 18.5. The summed E-state index contributed by atoms with van der Waals surface area (Å²) in [6.07, 6.45) is 3.08. The molecule has 20 heavy (non-hydrogen) atoms. The summed E-state index contributed by atoms with van der Waals surface area (Å²) in [6, 6.07) is 2.64. The second-order valence-electron chi connectivity index (χ2n) is 4.29. The van der Waals surface area contributed by atoms with Crippen LogP contribution >= 0.6 is 27.5 Å². The van der Waals surface area contributed by atoms with Crippen molar-refractivity contribution in [2.24, 2.45) is 0 Å². The lowest BCUT2D eigenvalue weighted by molar-refractivity contribution is -0.143. The number of halogens is 3. The minimum atomic E-state index is -0.373. The summed E-state index contributed by atoms with van der Waals surface area (Å²) in [4.78, 5) is 11.1. The first kappa shape index (κ1) is 17.2. The maximum atomic E-state index is 13.0. The van der Waals surface area contributed by atoms with E-state index in [1.54, 1.807) is 6.92 Å². The molecule has 1 rings (SSSR count). The van der Waals surface area contributed by atoms with Crippen LogP contribution in [0.4, 0.5) is 10.1 Å². The normalized spacial score (nSPS) is 10.4. The molecule has 0 aromatic heterocycles. The molecule has 3 nitrogen and oxygen atoms in total. The number of benzene rings is 1. The molecule has 0 saturated heterocycles. The molecule has 0 bridgehead atoms. The molecule has 1 aromatic carbocycles. The van der Waals surface area contributed by atoms with Crippen LogP contribution < -0.4 is 5.32 Å². The fourth-order valence-corrected chi connectivity index (χ4v) is 2.69. The molecule has 0 amide bonds. The molecule has 0 aliphatic rings. The van der Waals surface area contributed by atoms with Gasteiger partial charge in [-0.3, -0.25) is 4.79 Å². The van der Waals surface area contributed by atoms with Gasteiger partial charge in [-0.05, 0) is 47.8 Å². The van der Waals surface area contributed by atoms with Gasteiger partial charge in [0.1, 0.15) is 5.82 Å². The van der Waals surface area contributed by atoms with Crippen LogP contribution in [0.2, 0.25) is 5.02 Å². The van der Waals surface area contributed by atoms with Gasteiger partial charge >= 0.3 is 5.97 Å². The van der Waals surface area contributed by atoms with Crippen molar-refractivity contribution in [3.63, 3.8) is 0 Å². The van der Waals surface area contributed by atoms with Gasteiger partial charge in [0, 0.05) is 17.4 Å². The van der Waals surface area contributed by atoms with Gasteiger partial charge in [-0.2, -0.15) is 0 Å². The number of rotatable bonds is 8. The van der Waals surface area contributed by atoms with E-state index in [0.29, 0.717) is 34.8 Å². The lowest BCUT2D eigenvalue weighted by atomic mass is 10.2. The Morgan fingerprint density at radius 1 is 1.40 bits per heavy atom. The first-order valence-electron chi connectivity index (χ1n) is 6.58. The van der Waals surface area contributed by atoms with Crippen LogP contribution in [0.3, 0.4) is 0 Å². The number of hydrogen-bond acceptors (Lipinski definition) is 3. The average Bonchev–Trinajstić information content (AvgIpc) is 2.36. The third kappa shape index (κ3) is 6.09. The van der Waals surface area contributed by atoms with Crippen molar-refractivity contribution in [2.75, 3.05) is 18.5 Å². The summed E-state index contributed by atoms with van der Waals surface area (Å²) >= 11 is 9.23. The highest BCUT2D eigenvalue weighted by atomic mass is 79.9. The Morgan fingerprint density at radius 2 is 2.15 bits per heavy atom. The smallest absolute Gasteiger partial charge is 0.305 e. The molecule has 1 N–H and O–H groups in total. The Bertz CT molecular complexity index is 434. The zero-order valence-corrected chi connectivity index (χ0v) is 13.7. The van der Waals surface area contributed by atoms with Gasteiger partial charge < -0.3 is 10.1 Å². The molecule has 0 heterocycles. The van der Waals surface area contributed by atoms with Gasteiger partial charge in [0.05, 0.1) is 17.3 Å². The standard InChI is InChI=1S/C14H18BrClFNO2/c1-2-20-13(19)6-4-3-5-7-18-14-11(15)8-10(17)9-12(14)16/h8-9,18H,2-7H2,1H3. The Morgan fingerprint density at radius 3 is 2.80 bits per heavy atom. The maximum absolute atomic E-state index is 13.0. The van der Waals surface area contributed by atoms with Gasteiger partial charge in [-0.25, -0.2) is 4.39 Å². The van der Waals surface area contributed by atoms with Crippen LogP contribution in [0.5, 0.6) is 0 Å². The average molecular weight is 367 g/mol. The number of hydrogen-bond donors (Lipinski definition) is 1. The molecular weight excluding hydrogens is 349 g/mol. The fraction of sp³-hybridized carbons (Fsp3) is 0.500. The van der Waals surface area contributed by atoms with E-state index in [0.717, 1.165) is 19.3 Å². The minimum Gasteiger partial charge on any atom is -0.466 e. The van der Waals surface area contributed by atoms with Crippen molar-refractivity contribution < 1.29 is 13.9 Å². The quantitative estimate of drug-likeness (QED) is 0.531. The van der Waals surface area contributed by atoms with Gasteiger partial charge in [-0.1, -0.05) is 18.0 Å². The zero-order chi connectivity index (χ0) is 15.0. The molecule has 0 atom stereocenters. The molecular formula is C14H18BrClFNO2. The molecule has 112 valence electrons. The van der Waals surface area contributed by atoms with Gasteiger partial charge in [-0.15, -0.1) is 0 Å². The van der Waals surface area contributed by atoms with Gasteiger partial charge in [0.2, 0.25) is 0 Å². The molecule has 0 aliphatic heterocycles. The number of nitrogens with one attached hydrogen (secondary N) is 1. The molecule has 0 fully saturated rings. The van der Waals surface area contributed by atoms with Crippen molar-refractivity contribution in [2.45, 2.75) is 32.6 Å². The number of esters is 1. The SMILES string of the molecule is CCOC(=O)CCCCCNc1c(Cl)cc(F)cc1Br. The topological polar surface area (TPSA) is 38.3 Å². The van der Waals surface area contributed by atoms with Crippen LogP contribution in [0.1, 0.15) is 32.6 Å². The van der Waals surface area contributed by atoms with Crippen molar-refractivity contribution >= 4 is 39.2 Å². The van der Waals surface area contributed by atoms with E-state index in [2.05, 4.69) is 21.2 Å². The van der Waals surface area contributed by atoms with Crippen molar-refractivity contribution in [1.82, 2.24) is 0 Å². The van der Waals surface area contributed by atoms with Crippen LogP contribution in [-0.2, 0) is 9.53 Å². The fourth-order valence-electron chi connectivity index (χ4n) is 1.73. The van der Waals surface area contributed by atoms with Crippen molar-refractivity contribution in [3.05, 3.63) is 27.4 Å². The van der Waals surface area contributed by atoms with E-state index in [-0.39, 0.29) is 11.8 Å². The van der Waals surface area contributed by atoms with Gasteiger partial charge in [0.15, 0.2) is 0 Å². The molecule has 0 aliphatic carbocycles. The molecule has 1 aromatic rings. The summed E-state index contributed by atoms with van der Waals surface area (Å²) in [7, 11) is 0. The number of unbranched alkanes of at least 4 members (excludes halogenated alkanes) is 2. The van der Waals surface area contributed by atoms with E-state index in [4.69, 9.17) is 16.3 Å². The first-order valence-corrected chi connectivity index (χ1v) is 7.75. The molecule has 0 radical (unpaired) electrons. The second-order valence-corrected chi connectivity index (χ2v) is 5.55. The molecule has 6 heteroatoms. The number of ether oxygens (including phenoxy) is 1. The molecule has 0 spiro atoms. The largest absolute Gasteiger partial charge is 0.466 e. The van der Waals surface area contributed by atoms with Gasteiger partial charge in [0.25, 0.3) is 0 Å².